The Morgan fingerprint density at radius 3 is 2.47 bits per heavy atom. The molecule has 3 rings (SSSR count). The van der Waals surface area contributed by atoms with Crippen molar-refractivity contribution in [1.82, 2.24) is 9.47 Å². The molecule has 2 amide bonds. The van der Waals surface area contributed by atoms with Crippen molar-refractivity contribution >= 4 is 40.7 Å². The van der Waals surface area contributed by atoms with Gasteiger partial charge in [-0.3, -0.25) is 14.4 Å². The summed E-state index contributed by atoms with van der Waals surface area (Å²) in [6.45, 7) is 1.03. The van der Waals surface area contributed by atoms with Gasteiger partial charge >= 0.3 is 0 Å². The van der Waals surface area contributed by atoms with Crippen molar-refractivity contribution < 1.29 is 14.3 Å². The molecule has 0 radical (unpaired) electrons. The first kappa shape index (κ1) is 22.2. The van der Waals surface area contributed by atoms with Gasteiger partial charge in [0.15, 0.2) is 6.61 Å². The Morgan fingerprint density at radius 1 is 1.10 bits per heavy atom. The SMILES string of the molecule is Cn1cc(C(=O)N2CCCCCC2)cc(NC(=O)COc2ccc(Cl)cc2Cl)c1=O. The number of carbonyl (C=O) groups excluding carboxylic acids is 2. The van der Waals surface area contributed by atoms with E-state index >= 15 is 0 Å². The molecule has 0 atom stereocenters. The van der Waals surface area contributed by atoms with Crippen LogP contribution in [0.3, 0.4) is 0 Å². The number of aromatic nitrogens is 1. The van der Waals surface area contributed by atoms with Crippen LogP contribution in [-0.4, -0.2) is 41.0 Å². The van der Waals surface area contributed by atoms with E-state index in [1.807, 2.05) is 0 Å². The van der Waals surface area contributed by atoms with Gasteiger partial charge in [-0.1, -0.05) is 36.0 Å². The maximum atomic E-state index is 12.9. The number of anilines is 1. The zero-order valence-electron chi connectivity index (χ0n) is 16.6. The third kappa shape index (κ3) is 5.55. The summed E-state index contributed by atoms with van der Waals surface area (Å²) in [7, 11) is 1.54. The summed E-state index contributed by atoms with van der Waals surface area (Å²) in [6, 6.07) is 6.07. The zero-order chi connectivity index (χ0) is 21.7. The number of rotatable bonds is 5. The minimum absolute atomic E-state index is 0.0222. The molecule has 2 aromatic rings. The van der Waals surface area contributed by atoms with Gasteiger partial charge in [0.05, 0.1) is 10.6 Å². The number of nitrogens with one attached hydrogen (secondary N) is 1. The zero-order valence-corrected chi connectivity index (χ0v) is 18.1. The second kappa shape index (κ2) is 10.00. The van der Waals surface area contributed by atoms with Gasteiger partial charge in [0.2, 0.25) is 0 Å². The fraction of sp³-hybridized carbons (Fsp3) is 0.381. The first-order valence-electron chi connectivity index (χ1n) is 9.73. The Labute approximate surface area is 184 Å². The predicted molar refractivity (Wildman–Crippen MR) is 117 cm³/mol. The number of likely N-dealkylation sites (tertiary alicyclic amines) is 1. The number of pyridine rings is 1. The molecule has 0 aliphatic carbocycles. The average molecular weight is 452 g/mol. The number of ether oxygens (including phenoxy) is 1. The molecule has 30 heavy (non-hydrogen) atoms. The Bertz CT molecular complexity index is 998. The summed E-state index contributed by atoms with van der Waals surface area (Å²) in [5, 5.41) is 3.25. The molecule has 0 bridgehead atoms. The molecule has 2 heterocycles. The number of nitrogens with zero attached hydrogens (tertiary/aromatic N) is 2. The van der Waals surface area contributed by atoms with Crippen molar-refractivity contribution in [2.24, 2.45) is 7.05 Å². The van der Waals surface area contributed by atoms with E-state index in [1.54, 1.807) is 24.1 Å². The lowest BCUT2D eigenvalue weighted by molar-refractivity contribution is -0.118. The van der Waals surface area contributed by atoms with E-state index in [1.165, 1.54) is 22.9 Å². The number of carbonyl (C=O) groups is 2. The monoisotopic (exact) mass is 451 g/mol. The molecule has 1 N–H and O–H groups in total. The second-order valence-electron chi connectivity index (χ2n) is 7.18. The molecule has 1 aromatic heterocycles. The highest BCUT2D eigenvalue weighted by Crippen LogP contribution is 2.27. The number of aryl methyl sites for hydroxylation is 1. The van der Waals surface area contributed by atoms with Gasteiger partial charge in [-0.05, 0) is 37.1 Å². The van der Waals surface area contributed by atoms with Crippen LogP contribution in [0.25, 0.3) is 0 Å². The Morgan fingerprint density at radius 2 is 1.80 bits per heavy atom. The molecule has 9 heteroatoms. The van der Waals surface area contributed by atoms with Crippen LogP contribution in [0.15, 0.2) is 35.3 Å². The number of amides is 2. The van der Waals surface area contributed by atoms with E-state index in [0.29, 0.717) is 29.4 Å². The lowest BCUT2D eigenvalue weighted by Gasteiger charge is -2.21. The van der Waals surface area contributed by atoms with E-state index in [0.717, 1.165) is 25.7 Å². The Kier molecular flexibility index (Phi) is 7.39. The molecule has 160 valence electrons. The minimum atomic E-state index is -0.544. The van der Waals surface area contributed by atoms with Gasteiger partial charge in [-0.2, -0.15) is 0 Å². The lowest BCUT2D eigenvalue weighted by atomic mass is 10.2. The molecular formula is C21H23Cl2N3O4. The quantitative estimate of drug-likeness (QED) is 0.750. The van der Waals surface area contributed by atoms with Crippen LogP contribution in [0.4, 0.5) is 5.69 Å². The number of halogens is 2. The fourth-order valence-electron chi connectivity index (χ4n) is 3.30. The highest BCUT2D eigenvalue weighted by molar-refractivity contribution is 6.35. The minimum Gasteiger partial charge on any atom is -0.482 e. The summed E-state index contributed by atoms with van der Waals surface area (Å²) in [5.41, 5.74) is -0.0368. The average Bonchev–Trinajstić information content (AvgIpc) is 2.99. The Balaban J connectivity index is 1.71. The van der Waals surface area contributed by atoms with Gasteiger partial charge in [-0.25, -0.2) is 0 Å². The van der Waals surface area contributed by atoms with E-state index < -0.39 is 11.5 Å². The van der Waals surface area contributed by atoms with E-state index in [9.17, 15) is 14.4 Å². The van der Waals surface area contributed by atoms with Crippen LogP contribution in [0.1, 0.15) is 36.0 Å². The van der Waals surface area contributed by atoms with Gasteiger partial charge in [0.1, 0.15) is 11.4 Å². The lowest BCUT2D eigenvalue weighted by Crippen LogP contribution is -2.34. The molecule has 1 fully saturated rings. The van der Waals surface area contributed by atoms with Crippen molar-refractivity contribution in [3.63, 3.8) is 0 Å². The smallest absolute Gasteiger partial charge is 0.274 e. The van der Waals surface area contributed by atoms with E-state index in [2.05, 4.69) is 5.32 Å². The molecule has 7 nitrogen and oxygen atoms in total. The van der Waals surface area contributed by atoms with Crippen molar-refractivity contribution in [3.8, 4) is 5.75 Å². The maximum absolute atomic E-state index is 12.9. The molecule has 1 aliphatic heterocycles. The summed E-state index contributed by atoms with van der Waals surface area (Å²) < 4.78 is 6.69. The van der Waals surface area contributed by atoms with Crippen molar-refractivity contribution in [2.75, 3.05) is 25.0 Å². The standard InChI is InChI=1S/C21H23Cl2N3O4/c1-25-12-14(20(28)26-8-4-2-3-5-9-26)10-17(21(25)29)24-19(27)13-30-18-7-6-15(22)11-16(18)23/h6-7,10-12H,2-5,8-9,13H2,1H3,(H,24,27). The summed E-state index contributed by atoms with van der Waals surface area (Å²) in [4.78, 5) is 39.4. The number of hydrogen-bond donors (Lipinski definition) is 1. The van der Waals surface area contributed by atoms with Crippen molar-refractivity contribution in [1.29, 1.82) is 0 Å². The molecular weight excluding hydrogens is 429 g/mol. The van der Waals surface area contributed by atoms with E-state index in [4.69, 9.17) is 27.9 Å². The summed E-state index contributed by atoms with van der Waals surface area (Å²) >= 11 is 11.9. The maximum Gasteiger partial charge on any atom is 0.274 e. The summed E-state index contributed by atoms with van der Waals surface area (Å²) in [5.74, 6) is -0.390. The largest absolute Gasteiger partial charge is 0.482 e. The van der Waals surface area contributed by atoms with Crippen LogP contribution in [0.5, 0.6) is 5.75 Å². The highest BCUT2D eigenvalue weighted by Gasteiger charge is 2.20. The van der Waals surface area contributed by atoms with E-state index in [-0.39, 0.29) is 23.2 Å². The first-order valence-corrected chi connectivity index (χ1v) is 10.5. The molecule has 1 saturated heterocycles. The van der Waals surface area contributed by atoms with Gasteiger partial charge in [0.25, 0.3) is 17.4 Å². The number of hydrogen-bond acceptors (Lipinski definition) is 4. The number of benzene rings is 1. The van der Waals surface area contributed by atoms with Crippen LogP contribution in [-0.2, 0) is 11.8 Å². The van der Waals surface area contributed by atoms with Crippen LogP contribution >= 0.6 is 23.2 Å². The summed E-state index contributed by atoms with van der Waals surface area (Å²) in [6.07, 6.45) is 5.64. The fourth-order valence-corrected chi connectivity index (χ4v) is 3.76. The highest BCUT2D eigenvalue weighted by atomic mass is 35.5. The van der Waals surface area contributed by atoms with Crippen LogP contribution in [0, 0.1) is 0 Å². The third-order valence-electron chi connectivity index (χ3n) is 4.85. The Hall–Kier alpha value is -2.51. The molecule has 1 aromatic carbocycles. The predicted octanol–water partition coefficient (Wildman–Crippen LogP) is 3.73. The molecule has 1 aliphatic rings. The van der Waals surface area contributed by atoms with Crippen LogP contribution in [0.2, 0.25) is 10.0 Å². The molecule has 0 spiro atoms. The second-order valence-corrected chi connectivity index (χ2v) is 8.02. The first-order chi connectivity index (χ1) is 14.3. The van der Waals surface area contributed by atoms with Gasteiger partial charge in [-0.15, -0.1) is 0 Å². The van der Waals surface area contributed by atoms with Gasteiger partial charge in [0, 0.05) is 31.4 Å². The van der Waals surface area contributed by atoms with Crippen molar-refractivity contribution in [2.45, 2.75) is 25.7 Å². The topological polar surface area (TPSA) is 80.6 Å². The third-order valence-corrected chi connectivity index (χ3v) is 5.38. The molecule has 0 unspecified atom stereocenters. The normalized spacial score (nSPS) is 14.2. The molecule has 0 saturated carbocycles. The van der Waals surface area contributed by atoms with Crippen molar-refractivity contribution in [3.05, 3.63) is 56.4 Å². The van der Waals surface area contributed by atoms with Gasteiger partial charge < -0.3 is 19.5 Å². The van der Waals surface area contributed by atoms with Crippen LogP contribution < -0.4 is 15.6 Å².